The molecule has 0 N–H and O–H groups in total. The summed E-state index contributed by atoms with van der Waals surface area (Å²) in [5, 5.41) is 0. The fourth-order valence-corrected chi connectivity index (χ4v) is 2.21. The lowest BCUT2D eigenvalue weighted by molar-refractivity contribution is -0.112. The van der Waals surface area contributed by atoms with Gasteiger partial charge in [-0.15, -0.1) is 0 Å². The Morgan fingerprint density at radius 3 is 2.71 bits per heavy atom. The monoisotopic (exact) mass is 192 g/mol. The molecule has 0 bridgehead atoms. The number of ketones is 1. The summed E-state index contributed by atoms with van der Waals surface area (Å²) < 4.78 is 0. The Balaban J connectivity index is 2.86. The van der Waals surface area contributed by atoms with Crippen molar-refractivity contribution in [2.24, 2.45) is 11.3 Å². The molecule has 1 atom stereocenters. The molecular formula is C13H20O. The Kier molecular flexibility index (Phi) is 3.30. The van der Waals surface area contributed by atoms with Crippen molar-refractivity contribution in [1.82, 2.24) is 0 Å². The van der Waals surface area contributed by atoms with E-state index in [9.17, 15) is 4.79 Å². The van der Waals surface area contributed by atoms with E-state index in [-0.39, 0.29) is 5.78 Å². The second-order valence-electron chi connectivity index (χ2n) is 4.92. The van der Waals surface area contributed by atoms with Gasteiger partial charge in [0.25, 0.3) is 0 Å². The topological polar surface area (TPSA) is 17.1 Å². The second kappa shape index (κ2) is 4.12. The molecule has 1 rings (SSSR count). The Labute approximate surface area is 86.9 Å². The number of carbonyl (C=O) groups excluding carboxylic acids is 1. The molecule has 78 valence electrons. The van der Waals surface area contributed by atoms with Crippen molar-refractivity contribution in [1.29, 1.82) is 0 Å². The highest BCUT2D eigenvalue weighted by molar-refractivity contribution is 5.87. The highest BCUT2D eigenvalue weighted by Crippen LogP contribution is 2.41. The summed E-state index contributed by atoms with van der Waals surface area (Å²) in [6, 6.07) is 0. The second-order valence-corrected chi connectivity index (χ2v) is 4.92. The van der Waals surface area contributed by atoms with Crippen molar-refractivity contribution >= 4 is 5.78 Å². The number of hydrogen-bond donors (Lipinski definition) is 0. The van der Waals surface area contributed by atoms with Gasteiger partial charge in [0, 0.05) is 5.92 Å². The third kappa shape index (κ3) is 2.57. The zero-order valence-electron chi connectivity index (χ0n) is 9.63. The average molecular weight is 192 g/mol. The van der Waals surface area contributed by atoms with Gasteiger partial charge in [-0.1, -0.05) is 31.6 Å². The zero-order chi connectivity index (χ0) is 10.8. The summed E-state index contributed by atoms with van der Waals surface area (Å²) in [5.74, 6) is 0.569. The van der Waals surface area contributed by atoms with Gasteiger partial charge in [-0.2, -0.15) is 0 Å². The molecular weight excluding hydrogens is 172 g/mol. The predicted octanol–water partition coefficient (Wildman–Crippen LogP) is 3.51. The van der Waals surface area contributed by atoms with Crippen molar-refractivity contribution in [3.63, 3.8) is 0 Å². The lowest BCUT2D eigenvalue weighted by Crippen LogP contribution is -2.26. The molecule has 0 heterocycles. The standard InChI is InChI=1S/C13H20O/c1-10-6-5-9-13(3,4)12(10)8-7-11(2)14/h6-8,12H,5,9H2,1-4H3/b8-7-/t12-/m0/s1. The Bertz CT molecular complexity index is 282. The van der Waals surface area contributed by atoms with Crippen molar-refractivity contribution in [3.05, 3.63) is 23.8 Å². The van der Waals surface area contributed by atoms with E-state index in [4.69, 9.17) is 0 Å². The third-order valence-corrected chi connectivity index (χ3v) is 3.11. The first kappa shape index (κ1) is 11.2. The van der Waals surface area contributed by atoms with Gasteiger partial charge in [0.05, 0.1) is 0 Å². The van der Waals surface area contributed by atoms with Crippen molar-refractivity contribution in [3.8, 4) is 0 Å². The molecule has 14 heavy (non-hydrogen) atoms. The molecule has 0 saturated carbocycles. The summed E-state index contributed by atoms with van der Waals surface area (Å²) in [6.07, 6.45) is 8.43. The average Bonchev–Trinajstić information content (AvgIpc) is 2.01. The van der Waals surface area contributed by atoms with Crippen molar-refractivity contribution < 1.29 is 4.79 Å². The van der Waals surface area contributed by atoms with Gasteiger partial charge in [0.15, 0.2) is 5.78 Å². The minimum Gasteiger partial charge on any atom is -0.295 e. The van der Waals surface area contributed by atoms with Gasteiger partial charge >= 0.3 is 0 Å². The quantitative estimate of drug-likeness (QED) is 0.483. The molecule has 1 aliphatic carbocycles. The largest absolute Gasteiger partial charge is 0.295 e. The summed E-state index contributed by atoms with van der Waals surface area (Å²) in [7, 11) is 0. The van der Waals surface area contributed by atoms with Crippen molar-refractivity contribution in [2.45, 2.75) is 40.5 Å². The van der Waals surface area contributed by atoms with Crippen LogP contribution in [0.3, 0.4) is 0 Å². The summed E-state index contributed by atoms with van der Waals surface area (Å²) >= 11 is 0. The van der Waals surface area contributed by atoms with Crippen LogP contribution >= 0.6 is 0 Å². The van der Waals surface area contributed by atoms with Crippen LogP contribution < -0.4 is 0 Å². The Hall–Kier alpha value is -0.850. The van der Waals surface area contributed by atoms with E-state index in [0.29, 0.717) is 11.3 Å². The fraction of sp³-hybridized carbons (Fsp3) is 0.615. The minimum atomic E-state index is 0.138. The highest BCUT2D eigenvalue weighted by Gasteiger charge is 2.30. The minimum absolute atomic E-state index is 0.138. The van der Waals surface area contributed by atoms with Gasteiger partial charge in [0.2, 0.25) is 0 Å². The van der Waals surface area contributed by atoms with Gasteiger partial charge in [-0.05, 0) is 38.2 Å². The molecule has 1 aliphatic rings. The van der Waals surface area contributed by atoms with E-state index in [1.165, 1.54) is 18.4 Å². The van der Waals surface area contributed by atoms with Crippen LogP contribution in [-0.4, -0.2) is 5.78 Å². The van der Waals surface area contributed by atoms with Crippen LogP contribution in [0.25, 0.3) is 0 Å². The van der Waals surface area contributed by atoms with Gasteiger partial charge in [0.1, 0.15) is 0 Å². The summed E-state index contributed by atoms with van der Waals surface area (Å²) in [6.45, 7) is 8.32. The Morgan fingerprint density at radius 1 is 1.57 bits per heavy atom. The first-order valence-corrected chi connectivity index (χ1v) is 5.29. The van der Waals surface area contributed by atoms with E-state index in [2.05, 4.69) is 32.9 Å². The first-order chi connectivity index (χ1) is 6.43. The summed E-state index contributed by atoms with van der Waals surface area (Å²) in [5.41, 5.74) is 1.70. The number of carbonyl (C=O) groups is 1. The molecule has 1 heteroatoms. The van der Waals surface area contributed by atoms with E-state index in [1.807, 2.05) is 0 Å². The normalized spacial score (nSPS) is 26.3. The SMILES string of the molecule is CC(=O)/C=C\[C@H]1C(C)=CCCC1(C)C. The van der Waals surface area contributed by atoms with Crippen LogP contribution in [0.4, 0.5) is 0 Å². The van der Waals surface area contributed by atoms with Crippen LogP contribution in [0.5, 0.6) is 0 Å². The van der Waals surface area contributed by atoms with Gasteiger partial charge in [-0.25, -0.2) is 0 Å². The molecule has 0 amide bonds. The molecule has 0 aromatic heterocycles. The Morgan fingerprint density at radius 2 is 2.21 bits per heavy atom. The molecule has 1 nitrogen and oxygen atoms in total. The third-order valence-electron chi connectivity index (χ3n) is 3.11. The lowest BCUT2D eigenvalue weighted by Gasteiger charge is -2.36. The van der Waals surface area contributed by atoms with E-state index < -0.39 is 0 Å². The van der Waals surface area contributed by atoms with Crippen LogP contribution in [-0.2, 0) is 4.79 Å². The van der Waals surface area contributed by atoms with E-state index >= 15 is 0 Å². The molecule has 0 radical (unpaired) electrons. The van der Waals surface area contributed by atoms with E-state index in [1.54, 1.807) is 13.0 Å². The zero-order valence-corrected chi connectivity index (χ0v) is 9.63. The van der Waals surface area contributed by atoms with Crippen LogP contribution in [0.2, 0.25) is 0 Å². The molecule has 0 fully saturated rings. The maximum atomic E-state index is 10.9. The smallest absolute Gasteiger partial charge is 0.152 e. The molecule has 0 aliphatic heterocycles. The molecule has 0 aromatic rings. The molecule has 0 aromatic carbocycles. The maximum absolute atomic E-state index is 10.9. The van der Waals surface area contributed by atoms with Crippen LogP contribution in [0.1, 0.15) is 40.5 Å². The number of rotatable bonds is 2. The van der Waals surface area contributed by atoms with E-state index in [0.717, 1.165) is 0 Å². The first-order valence-electron chi connectivity index (χ1n) is 5.29. The number of allylic oxidation sites excluding steroid dienone is 4. The lowest BCUT2D eigenvalue weighted by atomic mass is 9.68. The fourth-order valence-electron chi connectivity index (χ4n) is 2.21. The summed E-state index contributed by atoms with van der Waals surface area (Å²) in [4.78, 5) is 10.9. The van der Waals surface area contributed by atoms with Gasteiger partial charge < -0.3 is 0 Å². The number of hydrogen-bond acceptors (Lipinski definition) is 1. The highest BCUT2D eigenvalue weighted by atomic mass is 16.1. The molecule has 0 spiro atoms. The van der Waals surface area contributed by atoms with Crippen LogP contribution in [0.15, 0.2) is 23.8 Å². The molecule has 0 saturated heterocycles. The van der Waals surface area contributed by atoms with Crippen molar-refractivity contribution in [2.75, 3.05) is 0 Å². The molecule has 0 unspecified atom stereocenters. The van der Waals surface area contributed by atoms with Gasteiger partial charge in [-0.3, -0.25) is 4.79 Å². The maximum Gasteiger partial charge on any atom is 0.152 e. The van der Waals surface area contributed by atoms with Crippen LogP contribution in [0, 0.1) is 11.3 Å². The predicted molar refractivity (Wildman–Crippen MR) is 60.1 cm³/mol.